The molecule has 1 amide bonds. The molecule has 19 heavy (non-hydrogen) atoms. The lowest BCUT2D eigenvalue weighted by Gasteiger charge is -2.38. The van der Waals surface area contributed by atoms with Gasteiger partial charge in [0, 0.05) is 13.1 Å². The minimum Gasteiger partial charge on any atom is -0.384 e. The fraction of sp³-hybridized carbons (Fsp3) is 0.571. The van der Waals surface area contributed by atoms with Crippen LogP contribution in [0.3, 0.4) is 0 Å². The van der Waals surface area contributed by atoms with E-state index < -0.39 is 0 Å². The Bertz CT molecular complexity index is 482. The van der Waals surface area contributed by atoms with E-state index in [2.05, 4.69) is 18.8 Å². The Labute approximate surface area is 118 Å². The van der Waals surface area contributed by atoms with E-state index in [1.807, 2.05) is 4.90 Å². The number of nitrogens with two attached hydrogens (primary N) is 1. The van der Waals surface area contributed by atoms with E-state index >= 15 is 0 Å². The Hall–Kier alpha value is -1.29. The fourth-order valence-corrected chi connectivity index (χ4v) is 2.55. The molecule has 1 aliphatic rings. The summed E-state index contributed by atoms with van der Waals surface area (Å²) < 4.78 is 0. The summed E-state index contributed by atoms with van der Waals surface area (Å²) in [6, 6.07) is 3.22. The van der Waals surface area contributed by atoms with Gasteiger partial charge in [0.2, 0.25) is 0 Å². The van der Waals surface area contributed by atoms with Gasteiger partial charge in [0.1, 0.15) is 11.5 Å². The highest BCUT2D eigenvalue weighted by atomic mass is 35.5. The Morgan fingerprint density at radius 1 is 1.47 bits per heavy atom. The zero-order valence-corrected chi connectivity index (χ0v) is 12.2. The summed E-state index contributed by atoms with van der Waals surface area (Å²) in [5.74, 6) is 0.207. The molecule has 0 aliphatic carbocycles. The van der Waals surface area contributed by atoms with Gasteiger partial charge in [0.15, 0.2) is 0 Å². The van der Waals surface area contributed by atoms with Crippen LogP contribution in [0.4, 0.5) is 5.82 Å². The highest BCUT2D eigenvalue weighted by molar-refractivity contribution is 6.33. The third-order valence-corrected chi connectivity index (χ3v) is 4.49. The van der Waals surface area contributed by atoms with E-state index in [1.165, 1.54) is 0 Å². The number of nitrogens with zero attached hydrogens (tertiary/aromatic N) is 2. The maximum atomic E-state index is 12.4. The van der Waals surface area contributed by atoms with Crippen molar-refractivity contribution in [2.45, 2.75) is 33.1 Å². The van der Waals surface area contributed by atoms with Crippen LogP contribution in [-0.4, -0.2) is 28.9 Å². The van der Waals surface area contributed by atoms with E-state index in [-0.39, 0.29) is 11.6 Å². The first-order valence-electron chi connectivity index (χ1n) is 6.66. The van der Waals surface area contributed by atoms with Crippen LogP contribution < -0.4 is 5.73 Å². The molecule has 0 unspecified atom stereocenters. The Balaban J connectivity index is 2.11. The molecule has 2 rings (SSSR count). The topological polar surface area (TPSA) is 59.2 Å². The van der Waals surface area contributed by atoms with Crippen LogP contribution in [0.15, 0.2) is 12.1 Å². The van der Waals surface area contributed by atoms with Crippen LogP contribution in [0.25, 0.3) is 0 Å². The number of pyridine rings is 1. The van der Waals surface area contributed by atoms with Crippen molar-refractivity contribution in [1.29, 1.82) is 0 Å². The standard InChI is InChI=1S/C14H20ClN3O/c1-3-14(2)6-8-18(9-7-14)13(19)12-10(15)4-5-11(16)17-12/h4-5H,3,6-9H2,1-2H3,(H2,16,17). The first-order chi connectivity index (χ1) is 8.95. The van der Waals surface area contributed by atoms with Crippen molar-refractivity contribution in [2.24, 2.45) is 5.41 Å². The molecular weight excluding hydrogens is 262 g/mol. The summed E-state index contributed by atoms with van der Waals surface area (Å²) in [6.45, 7) is 6.00. The number of hydrogen-bond donors (Lipinski definition) is 1. The minimum absolute atomic E-state index is 0.115. The fourth-order valence-electron chi connectivity index (χ4n) is 2.36. The number of anilines is 1. The highest BCUT2D eigenvalue weighted by Crippen LogP contribution is 2.34. The molecule has 2 N–H and O–H groups in total. The minimum atomic E-state index is -0.115. The Kier molecular flexibility index (Phi) is 3.99. The number of piperidine rings is 1. The number of rotatable bonds is 2. The number of carbonyl (C=O) groups excluding carboxylic acids is 1. The quantitative estimate of drug-likeness (QED) is 0.907. The van der Waals surface area contributed by atoms with Gasteiger partial charge in [-0.2, -0.15) is 0 Å². The molecule has 1 fully saturated rings. The number of likely N-dealkylation sites (tertiary alicyclic amines) is 1. The van der Waals surface area contributed by atoms with Crippen LogP contribution in [0.1, 0.15) is 43.6 Å². The highest BCUT2D eigenvalue weighted by Gasteiger charge is 2.31. The molecule has 1 aliphatic heterocycles. The second-order valence-electron chi connectivity index (χ2n) is 5.52. The van der Waals surface area contributed by atoms with E-state index in [4.69, 9.17) is 17.3 Å². The van der Waals surface area contributed by atoms with E-state index in [0.29, 0.717) is 16.3 Å². The van der Waals surface area contributed by atoms with Crippen molar-refractivity contribution in [3.8, 4) is 0 Å². The maximum Gasteiger partial charge on any atom is 0.274 e. The monoisotopic (exact) mass is 281 g/mol. The molecule has 0 saturated carbocycles. The van der Waals surface area contributed by atoms with Gasteiger partial charge in [0.05, 0.1) is 5.02 Å². The average molecular weight is 282 g/mol. The lowest BCUT2D eigenvalue weighted by Crippen LogP contribution is -2.42. The van der Waals surface area contributed by atoms with Crippen LogP contribution in [0.5, 0.6) is 0 Å². The van der Waals surface area contributed by atoms with Crippen molar-refractivity contribution >= 4 is 23.3 Å². The van der Waals surface area contributed by atoms with Crippen molar-refractivity contribution < 1.29 is 4.79 Å². The first kappa shape index (κ1) is 14.1. The Morgan fingerprint density at radius 3 is 2.68 bits per heavy atom. The lowest BCUT2D eigenvalue weighted by molar-refractivity contribution is 0.0595. The zero-order valence-electron chi connectivity index (χ0n) is 11.4. The molecule has 5 heteroatoms. The van der Waals surface area contributed by atoms with Crippen molar-refractivity contribution in [3.05, 3.63) is 22.8 Å². The van der Waals surface area contributed by atoms with Crippen LogP contribution >= 0.6 is 11.6 Å². The normalized spacial score (nSPS) is 18.4. The van der Waals surface area contributed by atoms with Gasteiger partial charge in [-0.25, -0.2) is 4.98 Å². The van der Waals surface area contributed by atoms with Crippen molar-refractivity contribution in [1.82, 2.24) is 9.88 Å². The first-order valence-corrected chi connectivity index (χ1v) is 7.04. The number of carbonyl (C=O) groups is 1. The summed E-state index contributed by atoms with van der Waals surface area (Å²) in [6.07, 6.45) is 3.19. The van der Waals surface area contributed by atoms with E-state index in [0.717, 1.165) is 32.4 Å². The van der Waals surface area contributed by atoms with E-state index in [1.54, 1.807) is 12.1 Å². The molecule has 1 aromatic rings. The third-order valence-electron chi connectivity index (χ3n) is 4.18. The predicted octanol–water partition coefficient (Wildman–Crippen LogP) is 2.97. The summed E-state index contributed by atoms with van der Waals surface area (Å²) >= 11 is 6.03. The lowest BCUT2D eigenvalue weighted by atomic mass is 9.78. The molecule has 0 aromatic carbocycles. The number of halogens is 1. The van der Waals surface area contributed by atoms with Crippen molar-refractivity contribution in [3.63, 3.8) is 0 Å². The smallest absolute Gasteiger partial charge is 0.274 e. The molecule has 2 heterocycles. The molecule has 1 saturated heterocycles. The molecule has 0 bridgehead atoms. The van der Waals surface area contributed by atoms with Crippen LogP contribution in [-0.2, 0) is 0 Å². The second-order valence-corrected chi connectivity index (χ2v) is 5.93. The summed E-state index contributed by atoms with van der Waals surface area (Å²) in [7, 11) is 0. The number of amides is 1. The Morgan fingerprint density at radius 2 is 2.11 bits per heavy atom. The molecule has 104 valence electrons. The van der Waals surface area contributed by atoms with Gasteiger partial charge in [0.25, 0.3) is 5.91 Å². The van der Waals surface area contributed by atoms with Crippen LogP contribution in [0.2, 0.25) is 5.02 Å². The van der Waals surface area contributed by atoms with Gasteiger partial charge in [-0.3, -0.25) is 4.79 Å². The number of nitrogen functional groups attached to an aromatic ring is 1. The van der Waals surface area contributed by atoms with Gasteiger partial charge in [-0.15, -0.1) is 0 Å². The number of aromatic nitrogens is 1. The van der Waals surface area contributed by atoms with Gasteiger partial charge in [-0.1, -0.05) is 31.9 Å². The maximum absolute atomic E-state index is 12.4. The average Bonchev–Trinajstić information content (AvgIpc) is 2.42. The molecule has 4 nitrogen and oxygen atoms in total. The van der Waals surface area contributed by atoms with E-state index in [9.17, 15) is 4.79 Å². The second kappa shape index (κ2) is 5.37. The SMILES string of the molecule is CCC1(C)CCN(C(=O)c2nc(N)ccc2Cl)CC1. The zero-order chi connectivity index (χ0) is 14.0. The largest absolute Gasteiger partial charge is 0.384 e. The third kappa shape index (κ3) is 3.00. The molecular formula is C14H20ClN3O. The van der Waals surface area contributed by atoms with Crippen LogP contribution in [0, 0.1) is 5.41 Å². The van der Waals surface area contributed by atoms with Gasteiger partial charge >= 0.3 is 0 Å². The van der Waals surface area contributed by atoms with Gasteiger partial charge in [-0.05, 0) is 30.4 Å². The molecule has 0 atom stereocenters. The summed E-state index contributed by atoms with van der Waals surface area (Å²) in [5.41, 5.74) is 6.24. The van der Waals surface area contributed by atoms with Gasteiger partial charge < -0.3 is 10.6 Å². The summed E-state index contributed by atoms with van der Waals surface area (Å²) in [4.78, 5) is 18.3. The summed E-state index contributed by atoms with van der Waals surface area (Å²) in [5, 5.41) is 0.364. The van der Waals surface area contributed by atoms with Crippen molar-refractivity contribution in [2.75, 3.05) is 18.8 Å². The molecule has 0 spiro atoms. The predicted molar refractivity (Wildman–Crippen MR) is 77.2 cm³/mol. The molecule has 1 aromatic heterocycles. The number of hydrogen-bond acceptors (Lipinski definition) is 3. The molecule has 0 radical (unpaired) electrons.